The van der Waals surface area contributed by atoms with Crippen molar-refractivity contribution in [2.24, 2.45) is 11.3 Å². The zero-order valence-electron chi connectivity index (χ0n) is 13.1. The number of fused-ring (bicyclic) bond motifs is 1. The number of nitrogens with zero attached hydrogens (tertiary/aromatic N) is 2. The summed E-state index contributed by atoms with van der Waals surface area (Å²) in [6.07, 6.45) is 1.98. The van der Waals surface area contributed by atoms with E-state index in [2.05, 4.69) is 0 Å². The van der Waals surface area contributed by atoms with E-state index in [1.165, 1.54) is 29.4 Å². The smallest absolute Gasteiger partial charge is 0.311 e. The largest absolute Gasteiger partial charge is 0.481 e. The van der Waals surface area contributed by atoms with Crippen LogP contribution >= 0.6 is 0 Å². The van der Waals surface area contributed by atoms with Crippen LogP contribution in [-0.2, 0) is 14.8 Å². The second kappa shape index (κ2) is 5.52. The van der Waals surface area contributed by atoms with Crippen LogP contribution in [0.1, 0.15) is 24.8 Å². The van der Waals surface area contributed by atoms with Crippen molar-refractivity contribution in [2.45, 2.75) is 31.1 Å². The van der Waals surface area contributed by atoms with E-state index in [4.69, 9.17) is 0 Å². The van der Waals surface area contributed by atoms with Crippen LogP contribution in [0.15, 0.2) is 23.1 Å². The lowest BCUT2D eigenvalue weighted by molar-refractivity contribution is -0.385. The molecule has 9 heteroatoms. The standard InChI is InChI=1S/C15H18N2O6S/c1-10-7-12(4-5-13(10)17(20)21)24(22,23)16-8-11-3-2-6-15(11,9-16)14(18)19/h4-5,7,11H,2-3,6,8-9H2,1H3,(H,18,19)/t11-,15+/m0/s1. The fourth-order valence-corrected chi connectivity index (χ4v) is 5.56. The summed E-state index contributed by atoms with van der Waals surface area (Å²) >= 11 is 0. The minimum Gasteiger partial charge on any atom is -0.481 e. The van der Waals surface area contributed by atoms with E-state index in [9.17, 15) is 28.4 Å². The van der Waals surface area contributed by atoms with Crippen LogP contribution in [0.2, 0.25) is 0 Å². The number of rotatable bonds is 4. The molecule has 0 unspecified atom stereocenters. The highest BCUT2D eigenvalue weighted by Gasteiger charge is 2.57. The quantitative estimate of drug-likeness (QED) is 0.650. The van der Waals surface area contributed by atoms with Gasteiger partial charge in [-0.2, -0.15) is 4.31 Å². The van der Waals surface area contributed by atoms with Gasteiger partial charge in [-0.3, -0.25) is 14.9 Å². The zero-order chi connectivity index (χ0) is 17.7. The molecular formula is C15H18N2O6S. The lowest BCUT2D eigenvalue weighted by Gasteiger charge is -2.23. The van der Waals surface area contributed by atoms with Crippen LogP contribution in [-0.4, -0.2) is 41.8 Å². The molecule has 130 valence electrons. The number of hydrogen-bond acceptors (Lipinski definition) is 5. The number of nitro groups is 1. The van der Waals surface area contributed by atoms with Crippen molar-refractivity contribution in [3.05, 3.63) is 33.9 Å². The minimum atomic E-state index is -3.87. The van der Waals surface area contributed by atoms with E-state index >= 15 is 0 Å². The molecule has 1 N–H and O–H groups in total. The number of nitro benzene ring substituents is 1. The number of carboxylic acid groups (broad SMARTS) is 1. The summed E-state index contributed by atoms with van der Waals surface area (Å²) in [5.74, 6) is -1.12. The summed E-state index contributed by atoms with van der Waals surface area (Å²) in [4.78, 5) is 22.0. The molecule has 1 saturated heterocycles. The van der Waals surface area contributed by atoms with E-state index in [1.54, 1.807) is 0 Å². The van der Waals surface area contributed by atoms with Crippen LogP contribution in [0, 0.1) is 28.4 Å². The van der Waals surface area contributed by atoms with Gasteiger partial charge in [0.25, 0.3) is 5.69 Å². The molecule has 1 aromatic rings. The molecule has 1 aromatic carbocycles. The number of sulfonamides is 1. The highest BCUT2D eigenvalue weighted by Crippen LogP contribution is 2.50. The molecule has 0 amide bonds. The van der Waals surface area contributed by atoms with Crippen LogP contribution in [0.3, 0.4) is 0 Å². The van der Waals surface area contributed by atoms with Crippen molar-refractivity contribution in [2.75, 3.05) is 13.1 Å². The highest BCUT2D eigenvalue weighted by molar-refractivity contribution is 7.89. The maximum atomic E-state index is 12.8. The van der Waals surface area contributed by atoms with Crippen LogP contribution in [0.25, 0.3) is 0 Å². The molecule has 0 radical (unpaired) electrons. The number of aryl methyl sites for hydroxylation is 1. The third-order valence-electron chi connectivity index (χ3n) is 5.27. The third-order valence-corrected chi connectivity index (χ3v) is 7.08. The Labute approximate surface area is 139 Å². The predicted molar refractivity (Wildman–Crippen MR) is 84.0 cm³/mol. The summed E-state index contributed by atoms with van der Waals surface area (Å²) in [7, 11) is -3.87. The third kappa shape index (κ3) is 2.39. The Balaban J connectivity index is 1.94. The summed E-state index contributed by atoms with van der Waals surface area (Å²) in [5, 5.41) is 20.4. The molecule has 0 aromatic heterocycles. The summed E-state index contributed by atoms with van der Waals surface area (Å²) in [6, 6.07) is 3.66. The normalized spacial score (nSPS) is 27.1. The molecule has 2 fully saturated rings. The van der Waals surface area contributed by atoms with Crippen molar-refractivity contribution in [1.82, 2.24) is 4.31 Å². The highest BCUT2D eigenvalue weighted by atomic mass is 32.2. The Morgan fingerprint density at radius 2 is 2.17 bits per heavy atom. The van der Waals surface area contributed by atoms with E-state index in [1.807, 2.05) is 0 Å². The molecule has 0 bridgehead atoms. The van der Waals surface area contributed by atoms with Gasteiger partial charge in [0.15, 0.2) is 0 Å². The van der Waals surface area contributed by atoms with E-state index in [0.717, 1.165) is 6.42 Å². The van der Waals surface area contributed by atoms with Gasteiger partial charge in [0.2, 0.25) is 10.0 Å². The van der Waals surface area contributed by atoms with Crippen LogP contribution in [0.5, 0.6) is 0 Å². The van der Waals surface area contributed by atoms with Gasteiger partial charge in [-0.25, -0.2) is 8.42 Å². The van der Waals surface area contributed by atoms with E-state index in [0.29, 0.717) is 12.8 Å². The fraction of sp³-hybridized carbons (Fsp3) is 0.533. The lowest BCUT2D eigenvalue weighted by atomic mass is 9.81. The summed E-state index contributed by atoms with van der Waals surface area (Å²) in [5.41, 5.74) is -0.884. The van der Waals surface area contributed by atoms with Crippen molar-refractivity contribution in [3.8, 4) is 0 Å². The number of hydrogen-bond donors (Lipinski definition) is 1. The monoisotopic (exact) mass is 354 g/mol. The molecule has 1 aliphatic heterocycles. The van der Waals surface area contributed by atoms with Crippen LogP contribution in [0.4, 0.5) is 5.69 Å². The van der Waals surface area contributed by atoms with Gasteiger partial charge < -0.3 is 5.11 Å². The number of aliphatic carboxylic acids is 1. The Hall–Kier alpha value is -2.00. The molecule has 2 atom stereocenters. The molecule has 8 nitrogen and oxygen atoms in total. The fourth-order valence-electron chi connectivity index (χ4n) is 3.92. The summed E-state index contributed by atoms with van der Waals surface area (Å²) < 4.78 is 26.9. The Morgan fingerprint density at radius 1 is 1.46 bits per heavy atom. The SMILES string of the molecule is Cc1cc(S(=O)(=O)N2C[C@@H]3CCC[C@@]3(C(=O)O)C2)ccc1[N+](=O)[O-]. The van der Waals surface area contributed by atoms with Gasteiger partial charge in [-0.05, 0) is 37.8 Å². The average molecular weight is 354 g/mol. The van der Waals surface area contributed by atoms with Gasteiger partial charge in [0.1, 0.15) is 0 Å². The Bertz CT molecular complexity index is 821. The van der Waals surface area contributed by atoms with Crippen molar-refractivity contribution in [3.63, 3.8) is 0 Å². The minimum absolute atomic E-state index is 0.0360. The molecular weight excluding hydrogens is 336 g/mol. The topological polar surface area (TPSA) is 118 Å². The van der Waals surface area contributed by atoms with Crippen LogP contribution < -0.4 is 0 Å². The van der Waals surface area contributed by atoms with Gasteiger partial charge in [-0.1, -0.05) is 6.42 Å². The van der Waals surface area contributed by atoms with Gasteiger partial charge in [0, 0.05) is 24.7 Å². The molecule has 1 heterocycles. The molecule has 3 rings (SSSR count). The van der Waals surface area contributed by atoms with Crippen molar-refractivity contribution >= 4 is 21.7 Å². The van der Waals surface area contributed by atoms with Gasteiger partial charge >= 0.3 is 5.97 Å². The second-order valence-corrected chi connectivity index (χ2v) is 8.49. The first-order valence-corrected chi connectivity index (χ1v) is 9.11. The maximum Gasteiger partial charge on any atom is 0.311 e. The molecule has 1 aliphatic carbocycles. The van der Waals surface area contributed by atoms with Gasteiger partial charge in [-0.15, -0.1) is 0 Å². The van der Waals surface area contributed by atoms with E-state index < -0.39 is 26.3 Å². The molecule has 0 spiro atoms. The molecule has 2 aliphatic rings. The first-order valence-electron chi connectivity index (χ1n) is 7.67. The molecule has 1 saturated carbocycles. The first-order chi connectivity index (χ1) is 11.2. The zero-order valence-corrected chi connectivity index (χ0v) is 14.0. The number of benzene rings is 1. The van der Waals surface area contributed by atoms with Crippen molar-refractivity contribution < 1.29 is 23.2 Å². The predicted octanol–water partition coefficient (Wildman–Crippen LogP) is 1.78. The Morgan fingerprint density at radius 3 is 2.71 bits per heavy atom. The van der Waals surface area contributed by atoms with Gasteiger partial charge in [0.05, 0.1) is 15.2 Å². The second-order valence-electron chi connectivity index (χ2n) is 6.55. The Kier molecular flexibility index (Phi) is 3.88. The first kappa shape index (κ1) is 16.8. The average Bonchev–Trinajstić information content (AvgIpc) is 3.04. The maximum absolute atomic E-state index is 12.8. The van der Waals surface area contributed by atoms with E-state index in [-0.39, 0.29) is 35.2 Å². The number of carboxylic acids is 1. The lowest BCUT2D eigenvalue weighted by Crippen LogP contribution is -2.37. The summed E-state index contributed by atoms with van der Waals surface area (Å²) in [6.45, 7) is 1.63. The molecule has 24 heavy (non-hydrogen) atoms. The number of carbonyl (C=O) groups is 1. The van der Waals surface area contributed by atoms with Crippen molar-refractivity contribution in [1.29, 1.82) is 0 Å².